The average Bonchev–Trinajstić information content (AvgIpc) is 3.04. The fraction of sp³-hybridized carbons (Fsp3) is 0.500. The van der Waals surface area contributed by atoms with E-state index in [4.69, 9.17) is 4.74 Å². The van der Waals surface area contributed by atoms with Gasteiger partial charge < -0.3 is 14.5 Å². The Kier molecular flexibility index (Phi) is 6.23. The SMILES string of the molecule is CN1CCN(CCCOC2c3ccccc3CC2Cc2ccccc2)CC1. The van der Waals surface area contributed by atoms with E-state index in [1.807, 2.05) is 0 Å². The topological polar surface area (TPSA) is 15.7 Å². The number of fused-ring (bicyclic) bond motifs is 1. The lowest BCUT2D eigenvalue weighted by molar-refractivity contribution is 0.0135. The minimum absolute atomic E-state index is 0.244. The lowest BCUT2D eigenvalue weighted by Gasteiger charge is -2.32. The molecule has 2 aliphatic rings. The van der Waals surface area contributed by atoms with E-state index in [1.165, 1.54) is 42.9 Å². The van der Waals surface area contributed by atoms with Gasteiger partial charge in [0.05, 0.1) is 6.10 Å². The van der Waals surface area contributed by atoms with Crippen LogP contribution in [0.3, 0.4) is 0 Å². The Balaban J connectivity index is 1.33. The largest absolute Gasteiger partial charge is 0.373 e. The molecule has 1 aliphatic carbocycles. The first-order chi connectivity index (χ1) is 13.3. The van der Waals surface area contributed by atoms with E-state index >= 15 is 0 Å². The van der Waals surface area contributed by atoms with Crippen molar-refractivity contribution in [2.75, 3.05) is 46.4 Å². The highest BCUT2D eigenvalue weighted by atomic mass is 16.5. The Morgan fingerprint density at radius 3 is 2.48 bits per heavy atom. The van der Waals surface area contributed by atoms with Crippen LogP contribution in [0.15, 0.2) is 54.6 Å². The molecule has 4 rings (SSSR count). The molecule has 0 spiro atoms. The van der Waals surface area contributed by atoms with Crippen molar-refractivity contribution in [2.45, 2.75) is 25.4 Å². The van der Waals surface area contributed by atoms with Crippen LogP contribution in [-0.4, -0.2) is 56.2 Å². The number of ether oxygens (including phenoxy) is 1. The van der Waals surface area contributed by atoms with E-state index in [-0.39, 0.29) is 6.10 Å². The Bertz CT molecular complexity index is 709. The van der Waals surface area contributed by atoms with Gasteiger partial charge in [0.25, 0.3) is 0 Å². The second-order valence-electron chi connectivity index (χ2n) is 8.14. The molecule has 3 heteroatoms. The fourth-order valence-corrected chi connectivity index (χ4v) is 4.53. The molecular weight excluding hydrogens is 332 g/mol. The third kappa shape index (κ3) is 4.78. The molecule has 2 unspecified atom stereocenters. The summed E-state index contributed by atoms with van der Waals surface area (Å²) in [6, 6.07) is 19.7. The zero-order valence-electron chi connectivity index (χ0n) is 16.5. The summed E-state index contributed by atoms with van der Waals surface area (Å²) in [5.41, 5.74) is 4.31. The molecule has 1 heterocycles. The zero-order chi connectivity index (χ0) is 18.5. The summed E-state index contributed by atoms with van der Waals surface area (Å²) in [5, 5.41) is 0. The van der Waals surface area contributed by atoms with E-state index < -0.39 is 0 Å². The van der Waals surface area contributed by atoms with E-state index in [2.05, 4.69) is 71.4 Å². The van der Waals surface area contributed by atoms with Gasteiger partial charge >= 0.3 is 0 Å². The zero-order valence-corrected chi connectivity index (χ0v) is 16.5. The summed E-state index contributed by atoms with van der Waals surface area (Å²) < 4.78 is 6.49. The van der Waals surface area contributed by atoms with Gasteiger partial charge in [0, 0.05) is 39.3 Å². The first-order valence-corrected chi connectivity index (χ1v) is 10.4. The van der Waals surface area contributed by atoms with Gasteiger partial charge in [0.1, 0.15) is 0 Å². The van der Waals surface area contributed by atoms with Crippen molar-refractivity contribution in [3.8, 4) is 0 Å². The smallest absolute Gasteiger partial charge is 0.0862 e. The molecule has 3 nitrogen and oxygen atoms in total. The van der Waals surface area contributed by atoms with Crippen molar-refractivity contribution in [2.24, 2.45) is 5.92 Å². The Hall–Kier alpha value is -1.68. The van der Waals surface area contributed by atoms with Crippen LogP contribution in [0, 0.1) is 5.92 Å². The van der Waals surface area contributed by atoms with Crippen molar-refractivity contribution >= 4 is 0 Å². The Morgan fingerprint density at radius 2 is 1.67 bits per heavy atom. The predicted octanol–water partition coefficient (Wildman–Crippen LogP) is 3.80. The van der Waals surface area contributed by atoms with Gasteiger partial charge in [0.2, 0.25) is 0 Å². The highest BCUT2D eigenvalue weighted by Crippen LogP contribution is 2.40. The van der Waals surface area contributed by atoms with Crippen LogP contribution in [0.2, 0.25) is 0 Å². The maximum Gasteiger partial charge on any atom is 0.0862 e. The lowest BCUT2D eigenvalue weighted by Crippen LogP contribution is -2.44. The van der Waals surface area contributed by atoms with E-state index in [1.54, 1.807) is 0 Å². The summed E-state index contributed by atoms with van der Waals surface area (Å²) >= 11 is 0. The number of likely N-dealkylation sites (N-methyl/N-ethyl adjacent to an activating group) is 1. The highest BCUT2D eigenvalue weighted by Gasteiger charge is 2.32. The third-order valence-corrected chi connectivity index (χ3v) is 6.12. The van der Waals surface area contributed by atoms with Crippen LogP contribution >= 0.6 is 0 Å². The number of nitrogens with zero attached hydrogens (tertiary/aromatic N) is 2. The molecule has 2 aromatic rings. The van der Waals surface area contributed by atoms with Crippen LogP contribution in [0.4, 0.5) is 0 Å². The molecule has 0 N–H and O–H groups in total. The standard InChI is InChI=1S/C24H32N2O/c1-25-13-15-26(16-14-25)12-7-17-27-24-22(18-20-8-3-2-4-9-20)19-21-10-5-6-11-23(21)24/h2-6,8-11,22,24H,7,12-19H2,1H3. The summed E-state index contributed by atoms with van der Waals surface area (Å²) in [6.07, 6.45) is 3.60. The van der Waals surface area contributed by atoms with Crippen molar-refractivity contribution in [1.29, 1.82) is 0 Å². The van der Waals surface area contributed by atoms with Crippen molar-refractivity contribution in [3.05, 3.63) is 71.3 Å². The third-order valence-electron chi connectivity index (χ3n) is 6.12. The second kappa shape index (κ2) is 9.01. The van der Waals surface area contributed by atoms with Gasteiger partial charge in [-0.05, 0) is 48.9 Å². The number of benzene rings is 2. The molecule has 0 bridgehead atoms. The summed E-state index contributed by atoms with van der Waals surface area (Å²) in [7, 11) is 2.21. The highest BCUT2D eigenvalue weighted by molar-refractivity contribution is 5.35. The minimum Gasteiger partial charge on any atom is -0.373 e. The Labute approximate surface area is 163 Å². The molecule has 0 radical (unpaired) electrons. The van der Waals surface area contributed by atoms with E-state index in [9.17, 15) is 0 Å². The van der Waals surface area contributed by atoms with Gasteiger partial charge in [0.15, 0.2) is 0 Å². The first kappa shape index (κ1) is 18.7. The van der Waals surface area contributed by atoms with Crippen LogP contribution < -0.4 is 0 Å². The quantitative estimate of drug-likeness (QED) is 0.695. The number of rotatable bonds is 7. The normalized spacial score (nSPS) is 23.4. The van der Waals surface area contributed by atoms with Crippen molar-refractivity contribution < 1.29 is 4.74 Å². The van der Waals surface area contributed by atoms with Crippen LogP contribution in [0.25, 0.3) is 0 Å². The number of hydrogen-bond donors (Lipinski definition) is 0. The summed E-state index contributed by atoms with van der Waals surface area (Å²) in [6.45, 7) is 6.78. The molecule has 1 aliphatic heterocycles. The molecule has 27 heavy (non-hydrogen) atoms. The van der Waals surface area contributed by atoms with Gasteiger partial charge in [-0.2, -0.15) is 0 Å². The van der Waals surface area contributed by atoms with Gasteiger partial charge in [-0.1, -0.05) is 54.6 Å². The molecule has 2 aromatic carbocycles. The first-order valence-electron chi connectivity index (χ1n) is 10.4. The van der Waals surface area contributed by atoms with Crippen LogP contribution in [0.5, 0.6) is 0 Å². The molecule has 0 aromatic heterocycles. The molecule has 0 saturated carbocycles. The van der Waals surface area contributed by atoms with Gasteiger partial charge in [-0.15, -0.1) is 0 Å². The fourth-order valence-electron chi connectivity index (χ4n) is 4.53. The molecular formula is C24H32N2O. The maximum absolute atomic E-state index is 6.49. The van der Waals surface area contributed by atoms with Crippen molar-refractivity contribution in [1.82, 2.24) is 9.80 Å². The molecule has 144 valence electrons. The Morgan fingerprint density at radius 1 is 0.926 bits per heavy atom. The van der Waals surface area contributed by atoms with E-state index in [0.29, 0.717) is 5.92 Å². The minimum atomic E-state index is 0.244. The molecule has 2 atom stereocenters. The molecule has 1 fully saturated rings. The van der Waals surface area contributed by atoms with Crippen molar-refractivity contribution in [3.63, 3.8) is 0 Å². The maximum atomic E-state index is 6.49. The predicted molar refractivity (Wildman–Crippen MR) is 111 cm³/mol. The van der Waals surface area contributed by atoms with Crippen LogP contribution in [-0.2, 0) is 17.6 Å². The van der Waals surface area contributed by atoms with E-state index in [0.717, 1.165) is 32.4 Å². The average molecular weight is 365 g/mol. The lowest BCUT2D eigenvalue weighted by atomic mass is 9.94. The molecule has 0 amide bonds. The number of piperazine rings is 1. The van der Waals surface area contributed by atoms with Gasteiger partial charge in [-0.3, -0.25) is 0 Å². The monoisotopic (exact) mass is 364 g/mol. The second-order valence-corrected chi connectivity index (χ2v) is 8.14. The number of hydrogen-bond acceptors (Lipinski definition) is 3. The van der Waals surface area contributed by atoms with Crippen LogP contribution in [0.1, 0.15) is 29.2 Å². The summed E-state index contributed by atoms with van der Waals surface area (Å²) in [4.78, 5) is 4.99. The molecule has 1 saturated heterocycles. The van der Waals surface area contributed by atoms with Gasteiger partial charge in [-0.25, -0.2) is 0 Å². The summed E-state index contributed by atoms with van der Waals surface area (Å²) in [5.74, 6) is 0.549.